The van der Waals surface area contributed by atoms with Crippen LogP contribution in [0.4, 0.5) is 11.7 Å². The summed E-state index contributed by atoms with van der Waals surface area (Å²) in [4.78, 5) is 14.3. The Bertz CT molecular complexity index is 633. The number of nitrogens with zero attached hydrogens (tertiary/aromatic N) is 2. The molecule has 0 fully saturated rings. The second-order valence-corrected chi connectivity index (χ2v) is 4.72. The molecule has 1 aromatic carbocycles. The number of hydrogen-bond acceptors (Lipinski definition) is 6. The van der Waals surface area contributed by atoms with E-state index in [0.29, 0.717) is 29.4 Å². The van der Waals surface area contributed by atoms with E-state index >= 15 is 0 Å². The molecule has 0 aliphatic carbocycles. The largest absolute Gasteiger partial charge is 0.423 e. The first-order valence-electron chi connectivity index (χ1n) is 5.51. The lowest BCUT2D eigenvalue weighted by atomic mass is 10.3. The number of non-ortho nitro benzene ring substituents is 1. The number of hydrogen-bond donors (Lipinski definition) is 1. The molecule has 1 aromatic heterocycles. The first-order valence-corrected chi connectivity index (χ1v) is 6.66. The first-order chi connectivity index (χ1) is 9.20. The summed E-state index contributed by atoms with van der Waals surface area (Å²) in [6, 6.07) is 4.68. The summed E-state index contributed by atoms with van der Waals surface area (Å²) in [6.45, 7) is 0.668. The summed E-state index contributed by atoms with van der Waals surface area (Å²) in [5, 5.41) is 13.6. The van der Waals surface area contributed by atoms with Crippen LogP contribution in [-0.4, -0.2) is 28.0 Å². The fourth-order valence-corrected chi connectivity index (χ4v) is 1.97. The van der Waals surface area contributed by atoms with Crippen LogP contribution in [0, 0.1) is 22.5 Å². The number of nitro groups is 1. The van der Waals surface area contributed by atoms with E-state index in [-0.39, 0.29) is 5.69 Å². The highest BCUT2D eigenvalue weighted by Crippen LogP contribution is 2.23. The van der Waals surface area contributed by atoms with Crippen molar-refractivity contribution in [2.24, 2.45) is 0 Å². The van der Waals surface area contributed by atoms with Gasteiger partial charge >= 0.3 is 0 Å². The molecule has 0 saturated heterocycles. The molecular formula is C12H11N3O3S. The van der Waals surface area contributed by atoms with E-state index in [9.17, 15) is 10.1 Å². The van der Waals surface area contributed by atoms with Gasteiger partial charge in [0.25, 0.3) is 11.7 Å². The zero-order chi connectivity index (χ0) is 13.7. The van der Waals surface area contributed by atoms with Gasteiger partial charge in [0.1, 0.15) is 5.52 Å². The Morgan fingerprint density at radius 2 is 2.42 bits per heavy atom. The van der Waals surface area contributed by atoms with Crippen molar-refractivity contribution >= 4 is 34.6 Å². The van der Waals surface area contributed by atoms with Crippen molar-refractivity contribution in [3.63, 3.8) is 0 Å². The first kappa shape index (κ1) is 13.2. The summed E-state index contributed by atoms with van der Waals surface area (Å²) >= 11 is 1.63. The summed E-state index contributed by atoms with van der Waals surface area (Å²) in [7, 11) is 0. The van der Waals surface area contributed by atoms with Gasteiger partial charge in [-0.25, -0.2) is 0 Å². The smallest absolute Gasteiger partial charge is 0.295 e. The van der Waals surface area contributed by atoms with E-state index in [1.54, 1.807) is 17.8 Å². The molecule has 7 heteroatoms. The number of fused-ring (bicyclic) bond motifs is 1. The van der Waals surface area contributed by atoms with Gasteiger partial charge < -0.3 is 9.73 Å². The maximum atomic E-state index is 10.6. The van der Waals surface area contributed by atoms with Crippen molar-refractivity contribution in [1.29, 1.82) is 0 Å². The molecule has 1 N–H and O–H groups in total. The highest BCUT2D eigenvalue weighted by molar-refractivity contribution is 7.99. The minimum absolute atomic E-state index is 0.0141. The minimum Gasteiger partial charge on any atom is -0.423 e. The van der Waals surface area contributed by atoms with Crippen molar-refractivity contribution in [2.75, 3.05) is 23.4 Å². The second-order valence-electron chi connectivity index (χ2n) is 3.61. The predicted octanol–water partition coefficient (Wildman–Crippen LogP) is 2.51. The van der Waals surface area contributed by atoms with Crippen LogP contribution in [0.5, 0.6) is 0 Å². The number of oxazole rings is 1. The lowest BCUT2D eigenvalue weighted by Gasteiger charge is -1.98. The van der Waals surface area contributed by atoms with E-state index in [2.05, 4.69) is 16.2 Å². The normalized spacial score (nSPS) is 10.3. The quantitative estimate of drug-likeness (QED) is 0.378. The molecule has 0 unspecified atom stereocenters. The van der Waals surface area contributed by atoms with Gasteiger partial charge in [0.05, 0.1) is 16.7 Å². The third kappa shape index (κ3) is 3.39. The van der Waals surface area contributed by atoms with Gasteiger partial charge in [-0.15, -0.1) is 18.2 Å². The molecule has 98 valence electrons. The highest BCUT2D eigenvalue weighted by atomic mass is 32.2. The van der Waals surface area contributed by atoms with Crippen molar-refractivity contribution < 1.29 is 9.34 Å². The van der Waals surface area contributed by atoms with E-state index in [1.807, 2.05) is 0 Å². The number of anilines is 1. The molecule has 1 heterocycles. The molecule has 0 aliphatic heterocycles. The SMILES string of the molecule is C#CCSCCNc1nc2ccc([N+](=O)[O-])cc2o1. The van der Waals surface area contributed by atoms with Crippen LogP contribution in [-0.2, 0) is 0 Å². The Labute approximate surface area is 113 Å². The fraction of sp³-hybridized carbons (Fsp3) is 0.250. The average molecular weight is 277 g/mol. The van der Waals surface area contributed by atoms with E-state index in [0.717, 1.165) is 5.75 Å². The van der Waals surface area contributed by atoms with E-state index in [1.165, 1.54) is 12.1 Å². The van der Waals surface area contributed by atoms with Gasteiger partial charge in [0, 0.05) is 18.4 Å². The van der Waals surface area contributed by atoms with Crippen LogP contribution >= 0.6 is 11.8 Å². The molecule has 6 nitrogen and oxygen atoms in total. The monoisotopic (exact) mass is 277 g/mol. The lowest BCUT2D eigenvalue weighted by molar-refractivity contribution is -0.384. The van der Waals surface area contributed by atoms with E-state index in [4.69, 9.17) is 10.8 Å². The average Bonchev–Trinajstić information content (AvgIpc) is 2.80. The maximum absolute atomic E-state index is 10.6. The molecule has 0 amide bonds. The molecule has 0 aliphatic rings. The number of aromatic nitrogens is 1. The Morgan fingerprint density at radius 1 is 1.58 bits per heavy atom. The molecule has 2 rings (SSSR count). The maximum Gasteiger partial charge on any atom is 0.295 e. The Morgan fingerprint density at radius 3 is 3.16 bits per heavy atom. The van der Waals surface area contributed by atoms with Crippen molar-refractivity contribution in [1.82, 2.24) is 4.98 Å². The highest BCUT2D eigenvalue weighted by Gasteiger charge is 2.11. The van der Waals surface area contributed by atoms with Gasteiger partial charge in [-0.05, 0) is 6.07 Å². The molecular weight excluding hydrogens is 266 g/mol. The van der Waals surface area contributed by atoms with Gasteiger partial charge in [-0.1, -0.05) is 5.92 Å². The third-order valence-corrected chi connectivity index (χ3v) is 3.15. The summed E-state index contributed by atoms with van der Waals surface area (Å²) < 4.78 is 5.39. The Kier molecular flexibility index (Phi) is 4.26. The number of benzene rings is 1. The van der Waals surface area contributed by atoms with Gasteiger partial charge in [0.15, 0.2) is 5.58 Å². The third-order valence-electron chi connectivity index (χ3n) is 2.29. The Balaban J connectivity index is 2.01. The van der Waals surface area contributed by atoms with Gasteiger partial charge in [-0.2, -0.15) is 4.98 Å². The van der Waals surface area contributed by atoms with Crippen LogP contribution in [0.3, 0.4) is 0 Å². The second kappa shape index (κ2) is 6.11. The van der Waals surface area contributed by atoms with Crippen LogP contribution in [0.2, 0.25) is 0 Å². The Hall–Kier alpha value is -2.20. The van der Waals surface area contributed by atoms with E-state index < -0.39 is 4.92 Å². The zero-order valence-corrected chi connectivity index (χ0v) is 10.8. The topological polar surface area (TPSA) is 81.2 Å². The molecule has 19 heavy (non-hydrogen) atoms. The lowest BCUT2D eigenvalue weighted by Crippen LogP contribution is -2.04. The predicted molar refractivity (Wildman–Crippen MR) is 75.3 cm³/mol. The number of nitrogens with one attached hydrogen (secondary N) is 1. The number of rotatable bonds is 6. The molecule has 0 spiro atoms. The molecule has 0 saturated carbocycles. The summed E-state index contributed by atoms with van der Waals surface area (Å²) in [5.74, 6) is 4.04. The van der Waals surface area contributed by atoms with Crippen molar-refractivity contribution in [3.8, 4) is 12.3 Å². The number of nitro benzene ring substituents is 1. The minimum atomic E-state index is -0.467. The molecule has 0 atom stereocenters. The fourth-order valence-electron chi connectivity index (χ4n) is 1.46. The van der Waals surface area contributed by atoms with Crippen molar-refractivity contribution in [3.05, 3.63) is 28.3 Å². The standard InChI is InChI=1S/C12H11N3O3S/c1-2-6-19-7-5-13-12-14-10-4-3-9(15(16)17)8-11(10)18-12/h1,3-4,8H,5-7H2,(H,13,14). The van der Waals surface area contributed by atoms with Gasteiger partial charge in [0.2, 0.25) is 0 Å². The molecule has 0 bridgehead atoms. The van der Waals surface area contributed by atoms with Crippen LogP contribution in [0.15, 0.2) is 22.6 Å². The summed E-state index contributed by atoms with van der Waals surface area (Å²) in [6.07, 6.45) is 5.13. The zero-order valence-electron chi connectivity index (χ0n) is 9.96. The number of thioether (sulfide) groups is 1. The summed E-state index contributed by atoms with van der Waals surface area (Å²) in [5.41, 5.74) is 0.970. The van der Waals surface area contributed by atoms with Crippen LogP contribution < -0.4 is 5.32 Å². The molecule has 2 aromatic rings. The van der Waals surface area contributed by atoms with Gasteiger partial charge in [-0.3, -0.25) is 10.1 Å². The van der Waals surface area contributed by atoms with Crippen LogP contribution in [0.1, 0.15) is 0 Å². The molecule has 0 radical (unpaired) electrons. The van der Waals surface area contributed by atoms with Crippen molar-refractivity contribution in [2.45, 2.75) is 0 Å². The number of terminal acetylenes is 1. The van der Waals surface area contributed by atoms with Crippen LogP contribution in [0.25, 0.3) is 11.1 Å².